The minimum Gasteiger partial charge on any atom is -0.482 e. The maximum absolute atomic E-state index is 10.5. The molecular formula is C15H12N2O4. The van der Waals surface area contributed by atoms with Crippen molar-refractivity contribution in [2.24, 2.45) is 0 Å². The van der Waals surface area contributed by atoms with Crippen LogP contribution >= 0.6 is 0 Å². The first-order valence-electron chi connectivity index (χ1n) is 6.28. The molecule has 0 unspecified atom stereocenters. The molecule has 0 fully saturated rings. The first-order chi connectivity index (χ1) is 10.2. The SMILES string of the molecule is O=C(O)COc1ccc2nc(Nc3ccccc3)oc2c1. The third kappa shape index (κ3) is 3.11. The van der Waals surface area contributed by atoms with Crippen LogP contribution in [0.15, 0.2) is 52.9 Å². The van der Waals surface area contributed by atoms with Gasteiger partial charge >= 0.3 is 5.97 Å². The molecule has 0 radical (unpaired) electrons. The second-order valence-corrected chi connectivity index (χ2v) is 4.32. The van der Waals surface area contributed by atoms with Gasteiger partial charge < -0.3 is 19.6 Å². The zero-order valence-electron chi connectivity index (χ0n) is 10.9. The summed E-state index contributed by atoms with van der Waals surface area (Å²) in [6.07, 6.45) is 0. The number of hydrogen-bond donors (Lipinski definition) is 2. The fraction of sp³-hybridized carbons (Fsp3) is 0.0667. The smallest absolute Gasteiger partial charge is 0.341 e. The van der Waals surface area contributed by atoms with Crippen LogP contribution in [0.25, 0.3) is 11.1 Å². The van der Waals surface area contributed by atoms with E-state index in [2.05, 4.69) is 10.3 Å². The average Bonchev–Trinajstić information content (AvgIpc) is 2.87. The van der Waals surface area contributed by atoms with E-state index in [4.69, 9.17) is 14.3 Å². The largest absolute Gasteiger partial charge is 0.482 e. The van der Waals surface area contributed by atoms with E-state index in [9.17, 15) is 4.79 Å². The molecule has 3 rings (SSSR count). The lowest BCUT2D eigenvalue weighted by molar-refractivity contribution is -0.139. The maximum Gasteiger partial charge on any atom is 0.341 e. The van der Waals surface area contributed by atoms with Gasteiger partial charge in [-0.1, -0.05) is 18.2 Å². The molecule has 0 aliphatic rings. The lowest BCUT2D eigenvalue weighted by atomic mass is 10.3. The molecule has 0 aliphatic carbocycles. The molecule has 0 aliphatic heterocycles. The Labute approximate surface area is 120 Å². The highest BCUT2D eigenvalue weighted by atomic mass is 16.5. The Kier molecular flexibility index (Phi) is 3.42. The van der Waals surface area contributed by atoms with Gasteiger partial charge in [0.2, 0.25) is 0 Å². The number of nitrogens with one attached hydrogen (secondary N) is 1. The standard InChI is InChI=1S/C15H12N2O4/c18-14(19)9-20-11-6-7-12-13(8-11)21-15(17-12)16-10-4-2-1-3-5-10/h1-8H,9H2,(H,16,17)(H,18,19). The highest BCUT2D eigenvalue weighted by Crippen LogP contribution is 2.25. The predicted molar refractivity (Wildman–Crippen MR) is 76.9 cm³/mol. The van der Waals surface area contributed by atoms with Crippen molar-refractivity contribution in [2.75, 3.05) is 11.9 Å². The summed E-state index contributed by atoms with van der Waals surface area (Å²) in [6.45, 7) is -0.394. The number of carbonyl (C=O) groups is 1. The van der Waals surface area contributed by atoms with Crippen molar-refractivity contribution in [2.45, 2.75) is 0 Å². The van der Waals surface area contributed by atoms with Gasteiger partial charge in [-0.2, -0.15) is 4.98 Å². The predicted octanol–water partition coefficient (Wildman–Crippen LogP) is 3.03. The molecule has 0 saturated carbocycles. The summed E-state index contributed by atoms with van der Waals surface area (Å²) in [5, 5.41) is 11.6. The number of nitrogens with zero attached hydrogens (tertiary/aromatic N) is 1. The summed E-state index contributed by atoms with van der Waals surface area (Å²) < 4.78 is 10.7. The Morgan fingerprint density at radius 2 is 2.05 bits per heavy atom. The summed E-state index contributed by atoms with van der Waals surface area (Å²) in [4.78, 5) is 14.8. The quantitative estimate of drug-likeness (QED) is 0.749. The van der Waals surface area contributed by atoms with Crippen molar-refractivity contribution >= 4 is 28.8 Å². The van der Waals surface area contributed by atoms with E-state index < -0.39 is 12.6 Å². The highest BCUT2D eigenvalue weighted by molar-refractivity contribution is 5.77. The van der Waals surface area contributed by atoms with Crippen molar-refractivity contribution in [1.82, 2.24) is 4.98 Å². The molecule has 6 nitrogen and oxygen atoms in total. The summed E-state index contributed by atoms with van der Waals surface area (Å²) in [7, 11) is 0. The van der Waals surface area contributed by atoms with Gasteiger partial charge in [-0.3, -0.25) is 0 Å². The Bertz CT molecular complexity index is 768. The third-order valence-electron chi connectivity index (χ3n) is 2.75. The molecule has 0 bridgehead atoms. The Balaban J connectivity index is 1.81. The topological polar surface area (TPSA) is 84.6 Å². The third-order valence-corrected chi connectivity index (χ3v) is 2.75. The van der Waals surface area contributed by atoms with Crippen molar-refractivity contribution in [3.63, 3.8) is 0 Å². The van der Waals surface area contributed by atoms with E-state index in [0.29, 0.717) is 22.9 Å². The van der Waals surface area contributed by atoms with Crippen molar-refractivity contribution in [3.8, 4) is 5.75 Å². The summed E-state index contributed by atoms with van der Waals surface area (Å²) in [5.41, 5.74) is 2.05. The molecule has 2 N–H and O–H groups in total. The molecule has 2 aromatic carbocycles. The van der Waals surface area contributed by atoms with E-state index in [1.807, 2.05) is 30.3 Å². The number of carboxylic acids is 1. The van der Waals surface area contributed by atoms with Crippen LogP contribution in [-0.4, -0.2) is 22.7 Å². The normalized spacial score (nSPS) is 10.5. The minimum absolute atomic E-state index is 0.367. The number of hydrogen-bond acceptors (Lipinski definition) is 5. The molecule has 0 saturated heterocycles. The lowest BCUT2D eigenvalue weighted by Gasteiger charge is -2.01. The lowest BCUT2D eigenvalue weighted by Crippen LogP contribution is -2.09. The van der Waals surface area contributed by atoms with Gasteiger partial charge in [-0.25, -0.2) is 4.79 Å². The van der Waals surface area contributed by atoms with Crippen LogP contribution in [0.5, 0.6) is 5.75 Å². The second kappa shape index (κ2) is 5.54. The Hall–Kier alpha value is -3.02. The van der Waals surface area contributed by atoms with Gasteiger partial charge in [0.15, 0.2) is 12.2 Å². The van der Waals surface area contributed by atoms with Crippen molar-refractivity contribution < 1.29 is 19.1 Å². The average molecular weight is 284 g/mol. The van der Waals surface area contributed by atoms with Crippen LogP contribution in [-0.2, 0) is 4.79 Å². The van der Waals surface area contributed by atoms with Gasteiger partial charge in [-0.15, -0.1) is 0 Å². The molecule has 1 aromatic heterocycles. The zero-order chi connectivity index (χ0) is 14.7. The van der Waals surface area contributed by atoms with Crippen LogP contribution in [0, 0.1) is 0 Å². The highest BCUT2D eigenvalue weighted by Gasteiger charge is 2.08. The van der Waals surface area contributed by atoms with E-state index >= 15 is 0 Å². The number of carboxylic acid groups (broad SMARTS) is 1. The molecule has 0 atom stereocenters. The summed E-state index contributed by atoms with van der Waals surface area (Å²) >= 11 is 0. The fourth-order valence-electron chi connectivity index (χ4n) is 1.84. The fourth-order valence-corrected chi connectivity index (χ4v) is 1.84. The summed E-state index contributed by atoms with van der Waals surface area (Å²) in [6, 6.07) is 14.9. The zero-order valence-corrected chi connectivity index (χ0v) is 10.9. The molecule has 21 heavy (non-hydrogen) atoms. The van der Waals surface area contributed by atoms with E-state index in [1.54, 1.807) is 18.2 Å². The Morgan fingerprint density at radius 3 is 2.81 bits per heavy atom. The molecule has 3 aromatic rings. The monoisotopic (exact) mass is 284 g/mol. The molecule has 6 heteroatoms. The molecular weight excluding hydrogens is 272 g/mol. The first-order valence-corrected chi connectivity index (χ1v) is 6.28. The van der Waals surface area contributed by atoms with Gasteiger partial charge in [0.1, 0.15) is 11.3 Å². The van der Waals surface area contributed by atoms with Crippen LogP contribution in [0.1, 0.15) is 0 Å². The van der Waals surface area contributed by atoms with E-state index in [0.717, 1.165) is 5.69 Å². The van der Waals surface area contributed by atoms with Gasteiger partial charge in [0.05, 0.1) is 0 Å². The van der Waals surface area contributed by atoms with Gasteiger partial charge in [0.25, 0.3) is 6.01 Å². The van der Waals surface area contributed by atoms with Crippen molar-refractivity contribution in [3.05, 3.63) is 48.5 Å². The number of anilines is 2. The maximum atomic E-state index is 10.5. The van der Waals surface area contributed by atoms with Crippen LogP contribution < -0.4 is 10.1 Å². The summed E-state index contributed by atoms with van der Waals surface area (Å²) in [5.74, 6) is -0.605. The number of para-hydroxylation sites is 1. The van der Waals surface area contributed by atoms with Crippen molar-refractivity contribution in [1.29, 1.82) is 0 Å². The van der Waals surface area contributed by atoms with E-state index in [1.165, 1.54) is 0 Å². The first kappa shape index (κ1) is 13.0. The van der Waals surface area contributed by atoms with Gasteiger partial charge in [-0.05, 0) is 24.3 Å². The molecule has 0 amide bonds. The van der Waals surface area contributed by atoms with Crippen LogP contribution in [0.4, 0.5) is 11.7 Å². The number of rotatable bonds is 5. The number of aromatic nitrogens is 1. The van der Waals surface area contributed by atoms with E-state index in [-0.39, 0.29) is 0 Å². The number of fused-ring (bicyclic) bond motifs is 1. The molecule has 0 spiro atoms. The minimum atomic E-state index is -1.03. The van der Waals surface area contributed by atoms with Crippen LogP contribution in [0.3, 0.4) is 0 Å². The molecule has 1 heterocycles. The number of ether oxygens (including phenoxy) is 1. The number of oxazole rings is 1. The number of aliphatic carboxylic acids is 1. The number of benzene rings is 2. The Morgan fingerprint density at radius 1 is 1.24 bits per heavy atom. The van der Waals surface area contributed by atoms with Gasteiger partial charge in [0, 0.05) is 11.8 Å². The second-order valence-electron chi connectivity index (χ2n) is 4.32. The van der Waals surface area contributed by atoms with Crippen LogP contribution in [0.2, 0.25) is 0 Å². The molecule has 106 valence electrons.